The Bertz CT molecular complexity index is 109. The van der Waals surface area contributed by atoms with Gasteiger partial charge in [0.05, 0.1) is 13.0 Å². The van der Waals surface area contributed by atoms with E-state index in [0.29, 0.717) is 6.54 Å². The lowest BCUT2D eigenvalue weighted by Crippen LogP contribution is -2.26. The van der Waals surface area contributed by atoms with Crippen molar-refractivity contribution in [3.8, 4) is 0 Å². The molecule has 1 N–H and O–H groups in total. The van der Waals surface area contributed by atoms with Crippen LogP contribution in [0, 0.1) is 5.92 Å². The van der Waals surface area contributed by atoms with Crippen LogP contribution in [0.1, 0.15) is 19.8 Å². The molecule has 0 rings (SSSR count). The molecule has 0 aliphatic heterocycles. The van der Waals surface area contributed by atoms with Crippen LogP contribution in [0.15, 0.2) is 0 Å². The van der Waals surface area contributed by atoms with E-state index in [-0.39, 0.29) is 11.9 Å². The molecule has 0 saturated carbocycles. The van der Waals surface area contributed by atoms with Crippen molar-refractivity contribution in [3.63, 3.8) is 0 Å². The van der Waals surface area contributed by atoms with Crippen LogP contribution in [0.2, 0.25) is 0 Å². The first-order valence-electron chi connectivity index (χ1n) is 3.98. The topological polar surface area (TPSA) is 38.3 Å². The number of ether oxygens (including phenoxy) is 1. The van der Waals surface area contributed by atoms with Gasteiger partial charge in [0.1, 0.15) is 0 Å². The fourth-order valence-corrected chi connectivity index (χ4v) is 1.06. The minimum absolute atomic E-state index is 0.0231. The van der Waals surface area contributed by atoms with Crippen molar-refractivity contribution in [1.82, 2.24) is 5.32 Å². The predicted octanol–water partition coefficient (Wildman–Crippen LogP) is 0.795. The summed E-state index contributed by atoms with van der Waals surface area (Å²) in [6, 6.07) is 0. The van der Waals surface area contributed by atoms with Gasteiger partial charge in [0.2, 0.25) is 0 Å². The molecule has 0 heterocycles. The summed E-state index contributed by atoms with van der Waals surface area (Å²) in [6.07, 6.45) is 1.91. The van der Waals surface area contributed by atoms with Crippen molar-refractivity contribution in [2.45, 2.75) is 19.8 Å². The van der Waals surface area contributed by atoms with Gasteiger partial charge in [-0.25, -0.2) is 0 Å². The van der Waals surface area contributed by atoms with Crippen molar-refractivity contribution < 1.29 is 9.53 Å². The van der Waals surface area contributed by atoms with Crippen LogP contribution in [0.25, 0.3) is 0 Å². The molecule has 0 fully saturated rings. The molecule has 0 aromatic carbocycles. The van der Waals surface area contributed by atoms with Crippen molar-refractivity contribution in [1.29, 1.82) is 0 Å². The fraction of sp³-hybridized carbons (Fsp3) is 0.875. The van der Waals surface area contributed by atoms with Gasteiger partial charge in [-0.15, -0.1) is 0 Å². The summed E-state index contributed by atoms with van der Waals surface area (Å²) in [5, 5.41) is 2.97. The lowest BCUT2D eigenvalue weighted by molar-refractivity contribution is -0.145. The second-order valence-electron chi connectivity index (χ2n) is 2.57. The fourth-order valence-electron chi connectivity index (χ4n) is 1.06. The molecule has 0 aliphatic carbocycles. The van der Waals surface area contributed by atoms with E-state index in [1.54, 1.807) is 0 Å². The summed E-state index contributed by atoms with van der Waals surface area (Å²) in [7, 11) is 3.27. The van der Waals surface area contributed by atoms with Crippen molar-refractivity contribution in [2.75, 3.05) is 20.7 Å². The van der Waals surface area contributed by atoms with Gasteiger partial charge < -0.3 is 10.1 Å². The molecule has 0 aromatic rings. The van der Waals surface area contributed by atoms with E-state index < -0.39 is 0 Å². The van der Waals surface area contributed by atoms with Crippen LogP contribution in [0.4, 0.5) is 0 Å². The Balaban J connectivity index is 3.76. The van der Waals surface area contributed by atoms with E-state index in [4.69, 9.17) is 0 Å². The predicted molar refractivity (Wildman–Crippen MR) is 44.3 cm³/mol. The van der Waals surface area contributed by atoms with Crippen molar-refractivity contribution >= 4 is 5.97 Å². The Morgan fingerprint density at radius 1 is 1.64 bits per heavy atom. The van der Waals surface area contributed by atoms with E-state index in [2.05, 4.69) is 17.0 Å². The minimum atomic E-state index is -0.110. The van der Waals surface area contributed by atoms with Gasteiger partial charge in [0, 0.05) is 6.54 Å². The molecule has 66 valence electrons. The molecule has 0 spiro atoms. The molecule has 3 nitrogen and oxygen atoms in total. The zero-order chi connectivity index (χ0) is 8.69. The third kappa shape index (κ3) is 3.98. The zero-order valence-electron chi connectivity index (χ0n) is 7.52. The molecule has 11 heavy (non-hydrogen) atoms. The van der Waals surface area contributed by atoms with Gasteiger partial charge in [-0.3, -0.25) is 4.79 Å². The molecule has 1 atom stereocenters. The highest BCUT2D eigenvalue weighted by atomic mass is 16.5. The molecule has 1 unspecified atom stereocenters. The maximum Gasteiger partial charge on any atom is 0.309 e. The molecule has 0 aromatic heterocycles. The molecule has 0 radical (unpaired) electrons. The summed E-state index contributed by atoms with van der Waals surface area (Å²) in [5.41, 5.74) is 0. The minimum Gasteiger partial charge on any atom is -0.469 e. The Kier molecular flexibility index (Phi) is 5.84. The van der Waals surface area contributed by atoms with Crippen LogP contribution >= 0.6 is 0 Å². The van der Waals surface area contributed by atoms with Crippen LogP contribution in [0.3, 0.4) is 0 Å². The number of rotatable bonds is 5. The largest absolute Gasteiger partial charge is 0.469 e. The lowest BCUT2D eigenvalue weighted by Gasteiger charge is -2.11. The molecule has 3 heteroatoms. The highest BCUT2D eigenvalue weighted by Crippen LogP contribution is 2.06. The number of hydrogen-bond acceptors (Lipinski definition) is 3. The number of esters is 1. The maximum absolute atomic E-state index is 11.0. The number of carbonyl (C=O) groups is 1. The molecule has 0 aliphatic rings. The van der Waals surface area contributed by atoms with E-state index in [1.165, 1.54) is 7.11 Å². The first kappa shape index (κ1) is 10.4. The Hall–Kier alpha value is -0.570. The highest BCUT2D eigenvalue weighted by Gasteiger charge is 2.16. The first-order valence-corrected chi connectivity index (χ1v) is 3.98. The zero-order valence-corrected chi connectivity index (χ0v) is 7.52. The van der Waals surface area contributed by atoms with Crippen LogP contribution in [-0.2, 0) is 9.53 Å². The van der Waals surface area contributed by atoms with E-state index >= 15 is 0 Å². The SMILES string of the molecule is CCCC(CNC)C(=O)OC. The molecular formula is C8H17NO2. The number of hydrogen-bond donors (Lipinski definition) is 1. The van der Waals surface area contributed by atoms with Gasteiger partial charge in [-0.05, 0) is 13.5 Å². The summed E-state index contributed by atoms with van der Waals surface area (Å²) in [4.78, 5) is 11.0. The van der Waals surface area contributed by atoms with Gasteiger partial charge in [0.15, 0.2) is 0 Å². The Morgan fingerprint density at radius 2 is 2.27 bits per heavy atom. The molecule has 0 amide bonds. The summed E-state index contributed by atoms with van der Waals surface area (Å²) in [6.45, 7) is 2.77. The van der Waals surface area contributed by atoms with Crippen molar-refractivity contribution in [2.24, 2.45) is 5.92 Å². The monoisotopic (exact) mass is 159 g/mol. The van der Waals surface area contributed by atoms with Gasteiger partial charge >= 0.3 is 5.97 Å². The van der Waals surface area contributed by atoms with Gasteiger partial charge in [-0.1, -0.05) is 13.3 Å². The maximum atomic E-state index is 11.0. The Labute approximate surface area is 68.1 Å². The van der Waals surface area contributed by atoms with E-state index in [9.17, 15) is 4.79 Å². The third-order valence-electron chi connectivity index (χ3n) is 1.62. The second-order valence-corrected chi connectivity index (χ2v) is 2.57. The van der Waals surface area contributed by atoms with Crippen LogP contribution in [0.5, 0.6) is 0 Å². The molecule has 0 bridgehead atoms. The molecular weight excluding hydrogens is 142 g/mol. The summed E-state index contributed by atoms with van der Waals surface area (Å²) in [5.74, 6) is -0.0869. The quantitative estimate of drug-likeness (QED) is 0.603. The number of methoxy groups -OCH3 is 1. The average Bonchev–Trinajstić information content (AvgIpc) is 2.03. The van der Waals surface area contributed by atoms with E-state index in [0.717, 1.165) is 12.8 Å². The van der Waals surface area contributed by atoms with Gasteiger partial charge in [-0.2, -0.15) is 0 Å². The smallest absolute Gasteiger partial charge is 0.309 e. The summed E-state index contributed by atoms with van der Waals surface area (Å²) >= 11 is 0. The summed E-state index contributed by atoms with van der Waals surface area (Å²) < 4.78 is 4.64. The highest BCUT2D eigenvalue weighted by molar-refractivity contribution is 5.72. The van der Waals surface area contributed by atoms with Crippen LogP contribution < -0.4 is 5.32 Å². The molecule has 0 saturated heterocycles. The number of nitrogens with one attached hydrogen (secondary N) is 1. The normalized spacial score (nSPS) is 12.6. The van der Waals surface area contributed by atoms with E-state index in [1.807, 2.05) is 7.05 Å². The Morgan fingerprint density at radius 3 is 2.64 bits per heavy atom. The second kappa shape index (κ2) is 6.16. The van der Waals surface area contributed by atoms with Gasteiger partial charge in [0.25, 0.3) is 0 Å². The first-order chi connectivity index (χ1) is 5.26. The van der Waals surface area contributed by atoms with Crippen LogP contribution in [-0.4, -0.2) is 26.7 Å². The average molecular weight is 159 g/mol. The number of carbonyl (C=O) groups excluding carboxylic acids is 1. The third-order valence-corrected chi connectivity index (χ3v) is 1.62. The lowest BCUT2D eigenvalue weighted by atomic mass is 10.0. The van der Waals surface area contributed by atoms with Crippen molar-refractivity contribution in [3.05, 3.63) is 0 Å². The standard InChI is InChI=1S/C8H17NO2/c1-4-5-7(6-9-2)8(10)11-3/h7,9H,4-6H2,1-3H3.